The average Bonchev–Trinajstić information content (AvgIpc) is 2.52. The Morgan fingerprint density at radius 3 is 2.09 bits per heavy atom. The Balaban J connectivity index is 2.24. The highest BCUT2D eigenvalue weighted by atomic mass is 16.2. The van der Waals surface area contributed by atoms with Crippen molar-refractivity contribution in [3.05, 3.63) is 0 Å². The Bertz CT molecular complexity index is 300. The minimum absolute atomic E-state index is 0.130. The van der Waals surface area contributed by atoms with Crippen molar-refractivity contribution in [2.75, 3.05) is 39.3 Å². The number of hydrogen-bond donors (Lipinski definition) is 1. The maximum absolute atomic E-state index is 12.4. The van der Waals surface area contributed by atoms with Crippen LogP contribution >= 0.6 is 0 Å². The number of carbonyl (C=O) groups is 1. The number of piperidine rings is 1. The summed E-state index contributed by atoms with van der Waals surface area (Å²) in [5.41, 5.74) is 0. The fourth-order valence-corrected chi connectivity index (χ4v) is 2.94. The molecule has 0 bridgehead atoms. The second-order valence-corrected chi connectivity index (χ2v) is 7.84. The van der Waals surface area contributed by atoms with Crippen molar-refractivity contribution < 1.29 is 4.79 Å². The van der Waals surface area contributed by atoms with Crippen LogP contribution in [0.2, 0.25) is 0 Å². The fourth-order valence-electron chi connectivity index (χ4n) is 2.94. The van der Waals surface area contributed by atoms with E-state index >= 15 is 0 Å². The number of urea groups is 1. The average molecular weight is 326 g/mol. The second kappa shape index (κ2) is 11.7. The Labute approximate surface area is 144 Å². The molecule has 1 rings (SSSR count). The minimum Gasteiger partial charge on any atom is -0.338 e. The summed E-state index contributed by atoms with van der Waals surface area (Å²) in [4.78, 5) is 17.0. The summed E-state index contributed by atoms with van der Waals surface area (Å²) >= 11 is 0. The van der Waals surface area contributed by atoms with Crippen LogP contribution in [0, 0.1) is 11.8 Å². The molecule has 0 aromatic rings. The first-order valence-electron chi connectivity index (χ1n) is 9.74. The van der Waals surface area contributed by atoms with E-state index in [0.717, 1.165) is 45.4 Å². The molecule has 0 aromatic heterocycles. The summed E-state index contributed by atoms with van der Waals surface area (Å²) in [6.07, 6.45) is 7.29. The topological polar surface area (TPSA) is 35.6 Å². The van der Waals surface area contributed by atoms with Crippen LogP contribution in [-0.4, -0.2) is 55.1 Å². The highest BCUT2D eigenvalue weighted by molar-refractivity contribution is 5.74. The summed E-state index contributed by atoms with van der Waals surface area (Å²) in [5.74, 6) is 1.28. The molecule has 1 saturated heterocycles. The number of hydrogen-bond acceptors (Lipinski definition) is 2. The molecule has 1 aliphatic rings. The van der Waals surface area contributed by atoms with E-state index in [1.807, 2.05) is 4.90 Å². The first-order chi connectivity index (χ1) is 11.0. The predicted octanol–water partition coefficient (Wildman–Crippen LogP) is 3.97. The molecule has 1 aliphatic heterocycles. The van der Waals surface area contributed by atoms with Gasteiger partial charge in [-0.1, -0.05) is 34.1 Å². The number of nitrogens with zero attached hydrogens (tertiary/aromatic N) is 2. The van der Waals surface area contributed by atoms with Gasteiger partial charge in [0.05, 0.1) is 0 Å². The van der Waals surface area contributed by atoms with E-state index in [1.165, 1.54) is 32.4 Å². The summed E-state index contributed by atoms with van der Waals surface area (Å²) in [6, 6.07) is 0.130. The van der Waals surface area contributed by atoms with Crippen LogP contribution in [-0.2, 0) is 0 Å². The highest BCUT2D eigenvalue weighted by Gasteiger charge is 2.14. The van der Waals surface area contributed by atoms with E-state index in [1.54, 1.807) is 0 Å². The molecular weight excluding hydrogens is 286 g/mol. The monoisotopic (exact) mass is 325 g/mol. The lowest BCUT2D eigenvalue weighted by atomic mass is 10.1. The number of rotatable bonds is 10. The molecule has 4 heteroatoms. The molecule has 1 heterocycles. The Hall–Kier alpha value is -0.770. The predicted molar refractivity (Wildman–Crippen MR) is 98.8 cm³/mol. The van der Waals surface area contributed by atoms with Crippen molar-refractivity contribution in [3.8, 4) is 0 Å². The molecule has 0 saturated carbocycles. The molecule has 0 spiro atoms. The molecule has 136 valence electrons. The molecule has 4 nitrogen and oxygen atoms in total. The standard InChI is InChI=1S/C19H39N3O/c1-17(2)9-15-22(16-10-18(3)4)19(23)20-11-8-14-21-12-6-5-7-13-21/h17-18H,5-16H2,1-4H3,(H,20,23). The molecule has 0 aliphatic carbocycles. The van der Waals surface area contributed by atoms with Crippen molar-refractivity contribution in [1.29, 1.82) is 0 Å². The van der Waals surface area contributed by atoms with Crippen LogP contribution in [0.4, 0.5) is 4.79 Å². The maximum atomic E-state index is 12.4. The summed E-state index contributed by atoms with van der Waals surface area (Å²) < 4.78 is 0. The van der Waals surface area contributed by atoms with Crippen LogP contribution in [0.5, 0.6) is 0 Å². The van der Waals surface area contributed by atoms with E-state index in [2.05, 4.69) is 37.9 Å². The Kier molecular flexibility index (Phi) is 10.3. The Morgan fingerprint density at radius 2 is 1.57 bits per heavy atom. The van der Waals surface area contributed by atoms with Gasteiger partial charge < -0.3 is 15.1 Å². The third kappa shape index (κ3) is 9.85. The van der Waals surface area contributed by atoms with Crippen LogP contribution in [0.15, 0.2) is 0 Å². The third-order valence-corrected chi connectivity index (χ3v) is 4.62. The number of nitrogens with one attached hydrogen (secondary N) is 1. The molecule has 0 aromatic carbocycles. The normalized spacial score (nSPS) is 16.1. The lowest BCUT2D eigenvalue weighted by Gasteiger charge is -2.27. The van der Waals surface area contributed by atoms with Crippen molar-refractivity contribution >= 4 is 6.03 Å². The van der Waals surface area contributed by atoms with E-state index in [0.29, 0.717) is 11.8 Å². The number of carbonyl (C=O) groups excluding carboxylic acids is 1. The third-order valence-electron chi connectivity index (χ3n) is 4.62. The van der Waals surface area contributed by atoms with E-state index in [9.17, 15) is 4.79 Å². The molecule has 0 atom stereocenters. The van der Waals surface area contributed by atoms with Gasteiger partial charge in [0.25, 0.3) is 0 Å². The number of likely N-dealkylation sites (tertiary alicyclic amines) is 1. The molecule has 23 heavy (non-hydrogen) atoms. The van der Waals surface area contributed by atoms with E-state index in [4.69, 9.17) is 0 Å². The smallest absolute Gasteiger partial charge is 0.317 e. The van der Waals surface area contributed by atoms with Crippen molar-refractivity contribution in [1.82, 2.24) is 15.1 Å². The van der Waals surface area contributed by atoms with Crippen molar-refractivity contribution in [2.45, 2.75) is 66.2 Å². The lowest BCUT2D eigenvalue weighted by Crippen LogP contribution is -2.42. The molecule has 0 unspecified atom stereocenters. The zero-order chi connectivity index (χ0) is 17.1. The lowest BCUT2D eigenvalue weighted by molar-refractivity contribution is 0.189. The summed E-state index contributed by atoms with van der Waals surface area (Å²) in [5, 5.41) is 3.13. The van der Waals surface area contributed by atoms with Crippen LogP contribution in [0.1, 0.15) is 66.2 Å². The van der Waals surface area contributed by atoms with Gasteiger partial charge in [0.15, 0.2) is 0 Å². The van der Waals surface area contributed by atoms with Gasteiger partial charge in [0, 0.05) is 19.6 Å². The molecule has 2 amide bonds. The van der Waals surface area contributed by atoms with Gasteiger partial charge >= 0.3 is 6.03 Å². The van der Waals surface area contributed by atoms with Gasteiger partial charge in [-0.15, -0.1) is 0 Å². The molecular formula is C19H39N3O. The van der Waals surface area contributed by atoms with E-state index < -0.39 is 0 Å². The maximum Gasteiger partial charge on any atom is 0.317 e. The quantitative estimate of drug-likeness (QED) is 0.617. The zero-order valence-corrected chi connectivity index (χ0v) is 15.9. The van der Waals surface area contributed by atoms with Gasteiger partial charge in [-0.2, -0.15) is 0 Å². The molecule has 1 fully saturated rings. The second-order valence-electron chi connectivity index (χ2n) is 7.84. The SMILES string of the molecule is CC(C)CCN(CCC(C)C)C(=O)NCCCN1CCCCC1. The van der Waals surface area contributed by atoms with E-state index in [-0.39, 0.29) is 6.03 Å². The number of amides is 2. The van der Waals surface area contributed by atoms with Crippen molar-refractivity contribution in [2.24, 2.45) is 11.8 Å². The summed E-state index contributed by atoms with van der Waals surface area (Å²) in [7, 11) is 0. The first-order valence-corrected chi connectivity index (χ1v) is 9.74. The largest absolute Gasteiger partial charge is 0.338 e. The van der Waals surface area contributed by atoms with Crippen LogP contribution in [0.25, 0.3) is 0 Å². The minimum atomic E-state index is 0.130. The molecule has 0 radical (unpaired) electrons. The van der Waals surface area contributed by atoms with Gasteiger partial charge in [0.1, 0.15) is 0 Å². The van der Waals surface area contributed by atoms with Crippen molar-refractivity contribution in [3.63, 3.8) is 0 Å². The fraction of sp³-hybridized carbons (Fsp3) is 0.947. The van der Waals surface area contributed by atoms with Gasteiger partial charge in [0.2, 0.25) is 0 Å². The van der Waals surface area contributed by atoms with Gasteiger partial charge in [-0.05, 0) is 63.6 Å². The van der Waals surface area contributed by atoms with Crippen LogP contribution in [0.3, 0.4) is 0 Å². The summed E-state index contributed by atoms with van der Waals surface area (Å²) in [6.45, 7) is 15.0. The molecule has 1 N–H and O–H groups in total. The first kappa shape index (κ1) is 20.3. The van der Waals surface area contributed by atoms with Crippen LogP contribution < -0.4 is 5.32 Å². The highest BCUT2D eigenvalue weighted by Crippen LogP contribution is 2.09. The van der Waals surface area contributed by atoms with Gasteiger partial charge in [-0.25, -0.2) is 4.79 Å². The zero-order valence-electron chi connectivity index (χ0n) is 15.9. The van der Waals surface area contributed by atoms with Gasteiger partial charge in [-0.3, -0.25) is 0 Å². The Morgan fingerprint density at radius 1 is 1.00 bits per heavy atom.